The first kappa shape index (κ1) is 13.2. The summed E-state index contributed by atoms with van der Waals surface area (Å²) in [5.74, 6) is -0.191. The van der Waals surface area contributed by atoms with Crippen molar-refractivity contribution >= 4 is 28.1 Å². The van der Waals surface area contributed by atoms with Crippen LogP contribution in [0.25, 0.3) is 0 Å². The van der Waals surface area contributed by atoms with Crippen LogP contribution in [0.1, 0.15) is 10.4 Å². The number of thiazole rings is 1. The Balaban J connectivity index is 1.97. The number of aromatic nitrogens is 1. The topological polar surface area (TPSA) is 85.1 Å². The molecule has 0 saturated carbocycles. The average molecular weight is 277 g/mol. The number of benzene rings is 1. The van der Waals surface area contributed by atoms with Crippen LogP contribution < -0.4 is 5.32 Å². The van der Waals surface area contributed by atoms with Gasteiger partial charge < -0.3 is 5.32 Å². The number of nitro groups is 1. The van der Waals surface area contributed by atoms with Gasteiger partial charge in [-0.1, -0.05) is 12.1 Å². The Labute approximate surface area is 113 Å². The number of nitrogens with one attached hydrogen (secondary N) is 1. The minimum atomic E-state index is -0.470. The molecular weight excluding hydrogens is 266 g/mol. The molecule has 2 rings (SSSR count). The van der Waals surface area contributed by atoms with Crippen LogP contribution in [0.5, 0.6) is 0 Å². The number of amides is 1. The largest absolute Gasteiger partial charge is 0.302 e. The van der Waals surface area contributed by atoms with E-state index in [9.17, 15) is 14.9 Å². The summed E-state index contributed by atoms with van der Waals surface area (Å²) < 4.78 is 0. The van der Waals surface area contributed by atoms with E-state index in [0.717, 1.165) is 10.4 Å². The summed E-state index contributed by atoms with van der Waals surface area (Å²) in [4.78, 5) is 26.8. The molecule has 1 amide bonds. The average Bonchev–Trinajstić information content (AvgIpc) is 2.75. The van der Waals surface area contributed by atoms with Gasteiger partial charge >= 0.3 is 0 Å². The van der Waals surface area contributed by atoms with Gasteiger partial charge in [-0.05, 0) is 12.5 Å². The molecule has 19 heavy (non-hydrogen) atoms. The number of nitrogens with zero attached hydrogens (tertiary/aromatic N) is 2. The van der Waals surface area contributed by atoms with Crippen LogP contribution in [0.15, 0.2) is 30.5 Å². The molecule has 1 heterocycles. The molecule has 0 fully saturated rings. The summed E-state index contributed by atoms with van der Waals surface area (Å²) in [6, 6.07) is 5.92. The Morgan fingerprint density at radius 3 is 2.63 bits per heavy atom. The van der Waals surface area contributed by atoms with E-state index in [-0.39, 0.29) is 18.0 Å². The molecule has 0 atom stereocenters. The smallest absolute Gasteiger partial charge is 0.269 e. The first-order chi connectivity index (χ1) is 9.04. The van der Waals surface area contributed by atoms with Gasteiger partial charge in [-0.2, -0.15) is 0 Å². The van der Waals surface area contributed by atoms with E-state index in [1.54, 1.807) is 18.3 Å². The van der Waals surface area contributed by atoms with Crippen molar-refractivity contribution in [2.45, 2.75) is 13.3 Å². The lowest BCUT2D eigenvalue weighted by Crippen LogP contribution is -2.14. The van der Waals surface area contributed by atoms with E-state index in [4.69, 9.17) is 0 Å². The Bertz CT molecular complexity index is 607. The molecule has 0 aliphatic rings. The molecule has 6 nitrogen and oxygen atoms in total. The fourth-order valence-corrected chi connectivity index (χ4v) is 2.18. The number of hydrogen-bond donors (Lipinski definition) is 1. The Morgan fingerprint density at radius 2 is 2.11 bits per heavy atom. The van der Waals surface area contributed by atoms with Gasteiger partial charge in [-0.25, -0.2) is 4.98 Å². The van der Waals surface area contributed by atoms with Gasteiger partial charge in [0, 0.05) is 23.2 Å². The quantitative estimate of drug-likeness (QED) is 0.687. The number of hydrogen-bond acceptors (Lipinski definition) is 5. The minimum absolute atomic E-state index is 0.0136. The molecule has 7 heteroatoms. The Hall–Kier alpha value is -2.28. The second-order valence-corrected chi connectivity index (χ2v) is 5.16. The molecule has 1 N–H and O–H groups in total. The summed E-state index contributed by atoms with van der Waals surface area (Å²) in [7, 11) is 0. The number of non-ortho nitro benzene ring substituents is 1. The molecule has 2 aromatic rings. The van der Waals surface area contributed by atoms with Crippen LogP contribution in [-0.4, -0.2) is 15.8 Å². The fraction of sp³-hybridized carbons (Fsp3) is 0.167. The van der Waals surface area contributed by atoms with E-state index in [1.165, 1.54) is 23.5 Å². The number of aryl methyl sites for hydroxylation is 1. The predicted octanol–water partition coefficient (Wildman–Crippen LogP) is 2.54. The molecule has 1 aromatic carbocycles. The highest BCUT2D eigenvalue weighted by Gasteiger charge is 2.08. The van der Waals surface area contributed by atoms with Crippen molar-refractivity contribution in [3.63, 3.8) is 0 Å². The maximum Gasteiger partial charge on any atom is 0.269 e. The fourth-order valence-electron chi connectivity index (χ4n) is 1.50. The highest BCUT2D eigenvalue weighted by atomic mass is 32.1. The highest BCUT2D eigenvalue weighted by molar-refractivity contribution is 7.15. The van der Waals surface area contributed by atoms with Crippen LogP contribution in [0, 0.1) is 17.0 Å². The van der Waals surface area contributed by atoms with Crippen LogP contribution in [0.4, 0.5) is 10.8 Å². The summed E-state index contributed by atoms with van der Waals surface area (Å²) in [6.45, 7) is 1.91. The normalized spacial score (nSPS) is 10.2. The zero-order valence-electron chi connectivity index (χ0n) is 10.1. The SMILES string of the molecule is Cc1cnc(NC(=O)Cc2ccc([N+](=O)[O-])cc2)s1. The van der Waals surface area contributed by atoms with Crippen LogP contribution in [-0.2, 0) is 11.2 Å². The standard InChI is InChI=1S/C12H11N3O3S/c1-8-7-13-12(19-8)14-11(16)6-9-2-4-10(5-3-9)15(17)18/h2-5,7H,6H2,1H3,(H,13,14,16). The number of carbonyl (C=O) groups is 1. The zero-order chi connectivity index (χ0) is 13.8. The lowest BCUT2D eigenvalue weighted by Gasteiger charge is -2.01. The molecule has 0 bridgehead atoms. The van der Waals surface area contributed by atoms with E-state index in [0.29, 0.717) is 5.13 Å². The number of anilines is 1. The van der Waals surface area contributed by atoms with Crippen molar-refractivity contribution in [1.82, 2.24) is 4.98 Å². The molecule has 0 spiro atoms. The van der Waals surface area contributed by atoms with Crippen LogP contribution >= 0.6 is 11.3 Å². The van der Waals surface area contributed by atoms with Crippen molar-refractivity contribution in [2.24, 2.45) is 0 Å². The molecule has 1 aromatic heterocycles. The van der Waals surface area contributed by atoms with Gasteiger partial charge in [-0.15, -0.1) is 11.3 Å². The third kappa shape index (κ3) is 3.59. The van der Waals surface area contributed by atoms with Crippen molar-refractivity contribution in [3.8, 4) is 0 Å². The third-order valence-corrected chi connectivity index (χ3v) is 3.21. The summed E-state index contributed by atoms with van der Waals surface area (Å²) in [5, 5.41) is 13.7. The molecule has 0 unspecified atom stereocenters. The zero-order valence-corrected chi connectivity index (χ0v) is 10.9. The number of nitro benzene ring substituents is 1. The minimum Gasteiger partial charge on any atom is -0.302 e. The molecule has 0 aliphatic carbocycles. The predicted molar refractivity (Wildman–Crippen MR) is 72.3 cm³/mol. The Kier molecular flexibility index (Phi) is 3.86. The number of rotatable bonds is 4. The van der Waals surface area contributed by atoms with Crippen molar-refractivity contribution in [2.75, 3.05) is 5.32 Å². The van der Waals surface area contributed by atoms with E-state index >= 15 is 0 Å². The van der Waals surface area contributed by atoms with Gasteiger partial charge in [0.2, 0.25) is 5.91 Å². The summed E-state index contributed by atoms with van der Waals surface area (Å²) in [6.07, 6.45) is 1.85. The molecule has 98 valence electrons. The van der Waals surface area contributed by atoms with Gasteiger partial charge in [0.25, 0.3) is 5.69 Å². The van der Waals surface area contributed by atoms with E-state index in [2.05, 4.69) is 10.3 Å². The maximum atomic E-state index is 11.7. The summed E-state index contributed by atoms with van der Waals surface area (Å²) >= 11 is 1.40. The van der Waals surface area contributed by atoms with Gasteiger partial charge in [0.15, 0.2) is 5.13 Å². The monoisotopic (exact) mass is 277 g/mol. The van der Waals surface area contributed by atoms with Gasteiger partial charge in [-0.3, -0.25) is 14.9 Å². The second kappa shape index (κ2) is 5.57. The maximum absolute atomic E-state index is 11.7. The first-order valence-corrected chi connectivity index (χ1v) is 6.32. The van der Waals surface area contributed by atoms with Gasteiger partial charge in [0.1, 0.15) is 0 Å². The third-order valence-electron chi connectivity index (χ3n) is 2.38. The second-order valence-electron chi connectivity index (χ2n) is 3.92. The first-order valence-electron chi connectivity index (χ1n) is 5.50. The van der Waals surface area contributed by atoms with Gasteiger partial charge in [0.05, 0.1) is 11.3 Å². The summed E-state index contributed by atoms with van der Waals surface area (Å²) in [5.41, 5.74) is 0.732. The molecule has 0 saturated heterocycles. The molecule has 0 aliphatic heterocycles. The molecule has 0 radical (unpaired) electrons. The molecular formula is C12H11N3O3S. The van der Waals surface area contributed by atoms with Crippen molar-refractivity contribution in [1.29, 1.82) is 0 Å². The lowest BCUT2D eigenvalue weighted by molar-refractivity contribution is -0.384. The number of carbonyl (C=O) groups excluding carboxylic acids is 1. The Morgan fingerprint density at radius 1 is 1.42 bits per heavy atom. The van der Waals surface area contributed by atoms with Crippen molar-refractivity contribution in [3.05, 3.63) is 51.0 Å². The highest BCUT2D eigenvalue weighted by Crippen LogP contribution is 2.17. The lowest BCUT2D eigenvalue weighted by atomic mass is 10.1. The van der Waals surface area contributed by atoms with Crippen LogP contribution in [0.2, 0.25) is 0 Å². The van der Waals surface area contributed by atoms with E-state index < -0.39 is 4.92 Å². The van der Waals surface area contributed by atoms with E-state index in [1.807, 2.05) is 6.92 Å². The van der Waals surface area contributed by atoms with Crippen LogP contribution in [0.3, 0.4) is 0 Å². The van der Waals surface area contributed by atoms with Crippen molar-refractivity contribution < 1.29 is 9.72 Å².